The maximum atomic E-state index is 5.38. The predicted octanol–water partition coefficient (Wildman–Crippen LogP) is 1.90. The minimum Gasteiger partial charge on any atom is -0.363 e. The molecule has 1 saturated carbocycles. The number of nitrogens with zero attached hydrogens (tertiary/aromatic N) is 1. The lowest BCUT2D eigenvalue weighted by atomic mass is 9.75. The highest BCUT2D eigenvalue weighted by Gasteiger charge is 2.46. The molecule has 13 heavy (non-hydrogen) atoms. The van der Waals surface area contributed by atoms with Crippen LogP contribution >= 0.6 is 12.2 Å². The first-order valence-electron chi connectivity index (χ1n) is 5.34. The monoisotopic (exact) mass is 198 g/mol. The van der Waals surface area contributed by atoms with E-state index >= 15 is 0 Å². The predicted molar refractivity (Wildman–Crippen MR) is 58.8 cm³/mol. The van der Waals surface area contributed by atoms with E-state index in [1.165, 1.54) is 38.6 Å². The van der Waals surface area contributed by atoms with E-state index in [9.17, 15) is 0 Å². The van der Waals surface area contributed by atoms with Crippen molar-refractivity contribution in [3.05, 3.63) is 0 Å². The highest BCUT2D eigenvalue weighted by molar-refractivity contribution is 7.80. The van der Waals surface area contributed by atoms with E-state index in [1.54, 1.807) is 0 Å². The van der Waals surface area contributed by atoms with Crippen LogP contribution in [0.3, 0.4) is 0 Å². The summed E-state index contributed by atoms with van der Waals surface area (Å²) >= 11 is 5.38. The van der Waals surface area contributed by atoms with Gasteiger partial charge in [0.05, 0.1) is 0 Å². The molecule has 0 aromatic rings. The second-order valence-corrected chi connectivity index (χ2v) is 4.56. The zero-order chi connectivity index (χ0) is 9.31. The molecule has 0 aromatic heterocycles. The molecule has 1 N–H and O–H groups in total. The summed E-state index contributed by atoms with van der Waals surface area (Å²) in [4.78, 5) is 2.44. The normalized spacial score (nSPS) is 24.5. The molecule has 3 heteroatoms. The Labute approximate surface area is 85.7 Å². The average molecular weight is 198 g/mol. The first-order valence-corrected chi connectivity index (χ1v) is 5.75. The molecule has 0 aromatic carbocycles. The second kappa shape index (κ2) is 3.45. The Kier molecular flexibility index (Phi) is 2.45. The van der Waals surface area contributed by atoms with Gasteiger partial charge in [-0.05, 0) is 51.2 Å². The van der Waals surface area contributed by atoms with Crippen LogP contribution in [0.25, 0.3) is 0 Å². The number of nitrogens with one attached hydrogen (secondary N) is 1. The summed E-state index contributed by atoms with van der Waals surface area (Å²) in [5.41, 5.74) is 0.485. The van der Waals surface area contributed by atoms with Gasteiger partial charge in [-0.25, -0.2) is 0 Å². The van der Waals surface area contributed by atoms with E-state index < -0.39 is 0 Å². The van der Waals surface area contributed by atoms with E-state index in [-0.39, 0.29) is 0 Å². The number of hydrogen-bond donors (Lipinski definition) is 1. The molecule has 74 valence electrons. The first kappa shape index (κ1) is 9.25. The minimum atomic E-state index is 0.485. The summed E-state index contributed by atoms with van der Waals surface area (Å²) in [6.45, 7) is 4.23. The highest BCUT2D eigenvalue weighted by atomic mass is 32.1. The van der Waals surface area contributed by atoms with Crippen LogP contribution < -0.4 is 5.32 Å². The lowest BCUT2D eigenvalue weighted by Crippen LogP contribution is -2.54. The van der Waals surface area contributed by atoms with Crippen molar-refractivity contribution in [1.82, 2.24) is 10.2 Å². The van der Waals surface area contributed by atoms with Crippen molar-refractivity contribution in [2.75, 3.05) is 13.1 Å². The summed E-state index contributed by atoms with van der Waals surface area (Å²) in [6, 6.07) is 0. The van der Waals surface area contributed by atoms with E-state index in [4.69, 9.17) is 12.2 Å². The van der Waals surface area contributed by atoms with Gasteiger partial charge in [-0.15, -0.1) is 0 Å². The number of likely N-dealkylation sites (tertiary alicyclic amines) is 1. The fourth-order valence-corrected chi connectivity index (χ4v) is 3.04. The zero-order valence-electron chi connectivity index (χ0n) is 8.31. The molecule has 1 aliphatic carbocycles. The third-order valence-corrected chi connectivity index (χ3v) is 3.82. The summed E-state index contributed by atoms with van der Waals surface area (Å²) in [5, 5.41) is 4.25. The SMILES string of the molecule is CCNC(=S)N1CCCC12CCC2. The Morgan fingerprint density at radius 2 is 2.08 bits per heavy atom. The molecule has 2 aliphatic rings. The van der Waals surface area contributed by atoms with Crippen LogP contribution in [0.5, 0.6) is 0 Å². The van der Waals surface area contributed by atoms with Crippen molar-refractivity contribution in [1.29, 1.82) is 0 Å². The van der Waals surface area contributed by atoms with E-state index in [0.717, 1.165) is 11.7 Å². The van der Waals surface area contributed by atoms with Crippen LogP contribution in [0.1, 0.15) is 39.0 Å². The maximum Gasteiger partial charge on any atom is 0.169 e. The molecule has 0 bridgehead atoms. The molecule has 0 amide bonds. The molecular formula is C10H18N2S. The van der Waals surface area contributed by atoms with Crippen molar-refractivity contribution >= 4 is 17.3 Å². The van der Waals surface area contributed by atoms with Gasteiger partial charge in [-0.3, -0.25) is 0 Å². The van der Waals surface area contributed by atoms with Gasteiger partial charge in [-0.1, -0.05) is 0 Å². The molecule has 2 nitrogen and oxygen atoms in total. The van der Waals surface area contributed by atoms with Crippen LogP contribution in [0.15, 0.2) is 0 Å². The summed E-state index contributed by atoms with van der Waals surface area (Å²) in [7, 11) is 0. The van der Waals surface area contributed by atoms with Crippen LogP contribution in [0.2, 0.25) is 0 Å². The molecule has 1 spiro atoms. The Bertz CT molecular complexity index is 211. The van der Waals surface area contributed by atoms with Gasteiger partial charge >= 0.3 is 0 Å². The number of thiocarbonyl (C=S) groups is 1. The smallest absolute Gasteiger partial charge is 0.169 e. The highest BCUT2D eigenvalue weighted by Crippen LogP contribution is 2.45. The molecule has 2 fully saturated rings. The Balaban J connectivity index is 2.01. The van der Waals surface area contributed by atoms with Crippen molar-refractivity contribution in [2.45, 2.75) is 44.6 Å². The van der Waals surface area contributed by atoms with Crippen molar-refractivity contribution in [2.24, 2.45) is 0 Å². The van der Waals surface area contributed by atoms with Gasteiger partial charge in [0.1, 0.15) is 0 Å². The molecule has 0 radical (unpaired) electrons. The van der Waals surface area contributed by atoms with Crippen molar-refractivity contribution in [3.63, 3.8) is 0 Å². The molecule has 2 rings (SSSR count). The molecule has 1 heterocycles. The lowest BCUT2D eigenvalue weighted by molar-refractivity contribution is 0.116. The van der Waals surface area contributed by atoms with Gasteiger partial charge in [-0.2, -0.15) is 0 Å². The summed E-state index contributed by atoms with van der Waals surface area (Å²) in [5.74, 6) is 0. The van der Waals surface area contributed by atoms with Crippen molar-refractivity contribution in [3.8, 4) is 0 Å². The Morgan fingerprint density at radius 1 is 1.38 bits per heavy atom. The fraction of sp³-hybridized carbons (Fsp3) is 0.900. The summed E-state index contributed by atoms with van der Waals surface area (Å²) < 4.78 is 0. The van der Waals surface area contributed by atoms with Gasteiger partial charge in [0, 0.05) is 18.6 Å². The zero-order valence-corrected chi connectivity index (χ0v) is 9.12. The quantitative estimate of drug-likeness (QED) is 0.648. The van der Waals surface area contributed by atoms with Crippen molar-refractivity contribution < 1.29 is 0 Å². The van der Waals surface area contributed by atoms with Crippen LogP contribution in [-0.4, -0.2) is 28.6 Å². The largest absolute Gasteiger partial charge is 0.363 e. The average Bonchev–Trinajstić information content (AvgIpc) is 2.46. The van der Waals surface area contributed by atoms with Gasteiger partial charge in [0.15, 0.2) is 5.11 Å². The van der Waals surface area contributed by atoms with Crippen LogP contribution in [0, 0.1) is 0 Å². The molecule has 1 aliphatic heterocycles. The van der Waals surface area contributed by atoms with Gasteiger partial charge in [0.25, 0.3) is 0 Å². The van der Waals surface area contributed by atoms with Gasteiger partial charge < -0.3 is 10.2 Å². The molecule has 0 unspecified atom stereocenters. The van der Waals surface area contributed by atoms with Gasteiger partial charge in [0.2, 0.25) is 0 Å². The molecular weight excluding hydrogens is 180 g/mol. The number of rotatable bonds is 1. The standard InChI is InChI=1S/C10H18N2S/c1-2-11-9(13)12-8-4-7-10(12)5-3-6-10/h2-8H2,1H3,(H,11,13). The van der Waals surface area contributed by atoms with Crippen LogP contribution in [-0.2, 0) is 0 Å². The third kappa shape index (κ3) is 1.43. The van der Waals surface area contributed by atoms with E-state index in [2.05, 4.69) is 17.1 Å². The van der Waals surface area contributed by atoms with E-state index in [1.807, 2.05) is 0 Å². The fourth-order valence-electron chi connectivity index (χ4n) is 2.61. The van der Waals surface area contributed by atoms with E-state index in [0.29, 0.717) is 5.54 Å². The second-order valence-electron chi connectivity index (χ2n) is 4.17. The number of hydrogen-bond acceptors (Lipinski definition) is 1. The first-order chi connectivity index (χ1) is 6.28. The Hall–Kier alpha value is -0.310. The van der Waals surface area contributed by atoms with Crippen LogP contribution in [0.4, 0.5) is 0 Å². The molecule has 0 atom stereocenters. The molecule has 1 saturated heterocycles. The topological polar surface area (TPSA) is 15.3 Å². The third-order valence-electron chi connectivity index (χ3n) is 3.45. The Morgan fingerprint density at radius 3 is 2.62 bits per heavy atom. The minimum absolute atomic E-state index is 0.485. The lowest BCUT2D eigenvalue weighted by Gasteiger charge is -2.47. The maximum absolute atomic E-state index is 5.38. The summed E-state index contributed by atoms with van der Waals surface area (Å²) in [6.07, 6.45) is 6.80.